The Morgan fingerprint density at radius 2 is 2.19 bits per heavy atom. The van der Waals surface area contributed by atoms with Gasteiger partial charge in [-0.15, -0.1) is 0 Å². The lowest BCUT2D eigenvalue weighted by Crippen LogP contribution is -2.22. The van der Waals surface area contributed by atoms with E-state index in [9.17, 15) is 14.9 Å². The molecule has 0 aliphatic carbocycles. The predicted molar refractivity (Wildman–Crippen MR) is 120 cm³/mol. The molecule has 2 aromatic carbocycles. The monoisotopic (exact) mass is 483 g/mol. The summed E-state index contributed by atoms with van der Waals surface area (Å²) < 4.78 is 7.22. The quantitative estimate of drug-likeness (QED) is 0.268. The summed E-state index contributed by atoms with van der Waals surface area (Å²) in [7, 11) is 0. The van der Waals surface area contributed by atoms with Gasteiger partial charge in [0.1, 0.15) is 11.9 Å². The summed E-state index contributed by atoms with van der Waals surface area (Å²) in [6.07, 6.45) is 3.58. The molecule has 0 radical (unpaired) electrons. The van der Waals surface area contributed by atoms with E-state index in [0.717, 1.165) is 17.3 Å². The number of nitriles is 1. The molecule has 1 heterocycles. The molecule has 0 aliphatic heterocycles. The lowest BCUT2D eigenvalue weighted by Gasteiger charge is -2.10. The van der Waals surface area contributed by atoms with Crippen LogP contribution >= 0.6 is 15.9 Å². The van der Waals surface area contributed by atoms with Crippen molar-refractivity contribution in [3.8, 4) is 11.8 Å². The van der Waals surface area contributed by atoms with E-state index < -0.39 is 4.92 Å². The normalized spacial score (nSPS) is 11.0. The van der Waals surface area contributed by atoms with Crippen LogP contribution in [0.25, 0.3) is 10.9 Å². The molecule has 0 saturated carbocycles. The summed E-state index contributed by atoms with van der Waals surface area (Å²) in [5.41, 5.74) is 0.197. The minimum Gasteiger partial charge on any atom is -0.471 e. The second-order valence-electron chi connectivity index (χ2n) is 6.55. The molecule has 158 valence electrons. The maximum Gasteiger partial charge on any atom is 0.311 e. The third-order valence-corrected chi connectivity index (χ3v) is 4.94. The number of unbranched alkanes of at least 4 members (excludes halogenated alkanes) is 1. The van der Waals surface area contributed by atoms with E-state index in [1.165, 1.54) is 23.0 Å². The van der Waals surface area contributed by atoms with Crippen LogP contribution in [0, 0.1) is 21.4 Å². The summed E-state index contributed by atoms with van der Waals surface area (Å²) in [5.74, 6) is 0.403. The van der Waals surface area contributed by atoms with Crippen molar-refractivity contribution in [3.63, 3.8) is 0 Å². The number of ether oxygens (including phenoxy) is 1. The van der Waals surface area contributed by atoms with Crippen molar-refractivity contribution >= 4 is 38.7 Å². The van der Waals surface area contributed by atoms with Crippen molar-refractivity contribution in [3.05, 3.63) is 72.7 Å². The van der Waals surface area contributed by atoms with Crippen molar-refractivity contribution in [1.82, 2.24) is 9.66 Å². The second kappa shape index (κ2) is 9.95. The fraction of sp³-hybridized carbons (Fsp3) is 0.238. The van der Waals surface area contributed by atoms with Crippen molar-refractivity contribution in [1.29, 1.82) is 5.26 Å². The van der Waals surface area contributed by atoms with Gasteiger partial charge in [-0.1, -0.05) is 35.3 Å². The first-order valence-electron chi connectivity index (χ1n) is 9.49. The molecule has 9 nitrogen and oxygen atoms in total. The third kappa shape index (κ3) is 4.95. The highest BCUT2D eigenvalue weighted by molar-refractivity contribution is 9.10. The number of benzene rings is 2. The van der Waals surface area contributed by atoms with E-state index in [1.807, 2.05) is 13.0 Å². The van der Waals surface area contributed by atoms with Gasteiger partial charge in [0, 0.05) is 22.5 Å². The number of fused-ring (bicyclic) bond motifs is 1. The van der Waals surface area contributed by atoms with E-state index >= 15 is 0 Å². The van der Waals surface area contributed by atoms with Crippen LogP contribution in [0.1, 0.15) is 31.2 Å². The maximum atomic E-state index is 13.1. The van der Waals surface area contributed by atoms with Gasteiger partial charge in [-0.3, -0.25) is 14.9 Å². The summed E-state index contributed by atoms with van der Waals surface area (Å²) in [6.45, 7) is 1.67. The van der Waals surface area contributed by atoms with Crippen LogP contribution in [0.4, 0.5) is 5.69 Å². The van der Waals surface area contributed by atoms with Crippen LogP contribution in [0.2, 0.25) is 0 Å². The molecule has 0 spiro atoms. The fourth-order valence-corrected chi connectivity index (χ4v) is 3.34. The molecule has 31 heavy (non-hydrogen) atoms. The van der Waals surface area contributed by atoms with Crippen molar-refractivity contribution in [2.45, 2.75) is 26.2 Å². The average molecular weight is 484 g/mol. The average Bonchev–Trinajstić information content (AvgIpc) is 2.76. The smallest absolute Gasteiger partial charge is 0.311 e. The number of nitrogens with zero attached hydrogens (tertiary/aromatic N) is 5. The first kappa shape index (κ1) is 22.1. The number of aromatic nitrogens is 2. The number of nitro benzene ring substituents is 1. The second-order valence-corrected chi connectivity index (χ2v) is 7.47. The zero-order chi connectivity index (χ0) is 22.4. The molecule has 0 unspecified atom stereocenters. The molecular weight excluding hydrogens is 466 g/mol. The van der Waals surface area contributed by atoms with E-state index in [-0.39, 0.29) is 29.2 Å². The lowest BCUT2D eigenvalue weighted by molar-refractivity contribution is -0.385. The van der Waals surface area contributed by atoms with Crippen LogP contribution in [-0.2, 0) is 6.42 Å². The largest absolute Gasteiger partial charge is 0.471 e. The summed E-state index contributed by atoms with van der Waals surface area (Å²) in [5, 5.41) is 24.8. The number of para-hydroxylation sites is 1. The lowest BCUT2D eigenvalue weighted by atomic mass is 10.2. The molecule has 3 aromatic rings. The van der Waals surface area contributed by atoms with Gasteiger partial charge in [0.15, 0.2) is 6.61 Å². The number of aryl methyl sites for hydroxylation is 1. The van der Waals surface area contributed by atoms with E-state index in [4.69, 9.17) is 10.00 Å². The molecule has 0 N–H and O–H groups in total. The molecule has 10 heteroatoms. The third-order valence-electron chi connectivity index (χ3n) is 4.44. The number of hydrogen-bond donors (Lipinski definition) is 0. The Labute approximate surface area is 185 Å². The van der Waals surface area contributed by atoms with Crippen molar-refractivity contribution in [2.24, 2.45) is 5.10 Å². The fourth-order valence-electron chi connectivity index (χ4n) is 2.98. The molecule has 1 aromatic heterocycles. The van der Waals surface area contributed by atoms with Gasteiger partial charge in [0.05, 0.1) is 22.0 Å². The van der Waals surface area contributed by atoms with E-state index in [2.05, 4.69) is 26.0 Å². The van der Waals surface area contributed by atoms with Gasteiger partial charge in [0.25, 0.3) is 5.56 Å². The molecule has 3 rings (SSSR count). The van der Waals surface area contributed by atoms with Crippen molar-refractivity contribution < 1.29 is 9.66 Å². The molecular formula is C21H18BrN5O4. The zero-order valence-electron chi connectivity index (χ0n) is 16.6. The standard InChI is InChI=1S/C21H18BrN5O4/c1-2-3-7-19-25-17-9-8-15(22)12-16(17)21(28)26(19)24-13-14-5-4-6-18(27(29)30)20(14)31-11-10-23/h4-6,8-9,12-13H,2-3,7,11H2,1H3. The van der Waals surface area contributed by atoms with Crippen LogP contribution in [-0.4, -0.2) is 27.4 Å². The predicted octanol–water partition coefficient (Wildman–Crippen LogP) is 4.19. The van der Waals surface area contributed by atoms with Crippen molar-refractivity contribution in [2.75, 3.05) is 6.61 Å². The number of nitro groups is 1. The summed E-state index contributed by atoms with van der Waals surface area (Å²) in [6, 6.07) is 11.4. The first-order chi connectivity index (χ1) is 15.0. The molecule has 0 saturated heterocycles. The van der Waals surface area contributed by atoms with Crippen LogP contribution in [0.3, 0.4) is 0 Å². The van der Waals surface area contributed by atoms with E-state index in [1.54, 1.807) is 24.3 Å². The Kier molecular flexibility index (Phi) is 7.10. The minimum absolute atomic E-state index is 0.0857. The Hall–Kier alpha value is -3.58. The van der Waals surface area contributed by atoms with Crippen LogP contribution in [0.5, 0.6) is 5.75 Å². The highest BCUT2D eigenvalue weighted by atomic mass is 79.9. The van der Waals surface area contributed by atoms with Gasteiger partial charge in [0.2, 0.25) is 5.75 Å². The number of hydrogen-bond acceptors (Lipinski definition) is 7. The maximum absolute atomic E-state index is 13.1. The highest BCUT2D eigenvalue weighted by Crippen LogP contribution is 2.30. The Bertz CT molecular complexity index is 1260. The van der Waals surface area contributed by atoms with Crippen LogP contribution in [0.15, 0.2) is 50.8 Å². The molecule has 0 amide bonds. The molecule has 0 fully saturated rings. The van der Waals surface area contributed by atoms with Gasteiger partial charge in [-0.05, 0) is 30.7 Å². The summed E-state index contributed by atoms with van der Waals surface area (Å²) in [4.78, 5) is 28.5. The Balaban J connectivity index is 2.15. The van der Waals surface area contributed by atoms with Gasteiger partial charge < -0.3 is 4.74 Å². The molecule has 0 aliphatic rings. The Morgan fingerprint density at radius 3 is 2.90 bits per heavy atom. The van der Waals surface area contributed by atoms with E-state index in [0.29, 0.717) is 23.1 Å². The molecule has 0 atom stereocenters. The van der Waals surface area contributed by atoms with Crippen LogP contribution < -0.4 is 10.3 Å². The topological polar surface area (TPSA) is 123 Å². The number of halogens is 1. The highest BCUT2D eigenvalue weighted by Gasteiger charge is 2.18. The first-order valence-corrected chi connectivity index (χ1v) is 10.3. The van der Waals surface area contributed by atoms with Gasteiger partial charge >= 0.3 is 5.69 Å². The van der Waals surface area contributed by atoms with Gasteiger partial charge in [-0.25, -0.2) is 4.98 Å². The zero-order valence-corrected chi connectivity index (χ0v) is 18.2. The minimum atomic E-state index is -0.599. The molecule has 0 bridgehead atoms. The SMILES string of the molecule is CCCCc1nc2ccc(Br)cc2c(=O)n1N=Cc1cccc([N+](=O)[O-])c1OCC#N. The Morgan fingerprint density at radius 1 is 1.39 bits per heavy atom. The van der Waals surface area contributed by atoms with Gasteiger partial charge in [-0.2, -0.15) is 15.0 Å². The summed E-state index contributed by atoms with van der Waals surface area (Å²) >= 11 is 3.36. The number of rotatable bonds is 8.